The normalized spacial score (nSPS) is 11.3. The minimum Gasteiger partial charge on any atom is -0.355 e. The molecular formula is C26H28N6. The second kappa shape index (κ2) is 10.5. The average Bonchev–Trinajstić information content (AvgIpc) is 3.31. The SMILES string of the molecule is CCN(CC)Cc1cn(-c2cccc(Nc3cccc(C=Cc4ccncc4)c3)c2)nn1. The predicted octanol–water partition coefficient (Wildman–Crippen LogP) is 5.42. The van der Waals surface area contributed by atoms with Gasteiger partial charge in [0, 0.05) is 30.3 Å². The molecule has 0 aliphatic heterocycles. The van der Waals surface area contributed by atoms with Crippen molar-refractivity contribution in [3.05, 3.63) is 96.1 Å². The molecule has 0 atom stereocenters. The summed E-state index contributed by atoms with van der Waals surface area (Å²) >= 11 is 0. The molecule has 162 valence electrons. The number of hydrogen-bond donors (Lipinski definition) is 1. The Kier molecular flexibility index (Phi) is 7.05. The molecular weight excluding hydrogens is 396 g/mol. The van der Waals surface area contributed by atoms with E-state index in [9.17, 15) is 0 Å². The third kappa shape index (κ3) is 5.68. The van der Waals surface area contributed by atoms with Crippen LogP contribution in [-0.2, 0) is 6.54 Å². The van der Waals surface area contributed by atoms with Crippen molar-refractivity contribution in [2.45, 2.75) is 20.4 Å². The van der Waals surface area contributed by atoms with Crippen LogP contribution >= 0.6 is 0 Å². The summed E-state index contributed by atoms with van der Waals surface area (Å²) in [5.41, 5.74) is 6.22. The quantitative estimate of drug-likeness (QED) is 0.389. The van der Waals surface area contributed by atoms with Gasteiger partial charge in [-0.2, -0.15) is 0 Å². The second-order valence-corrected chi connectivity index (χ2v) is 7.53. The van der Waals surface area contributed by atoms with Crippen LogP contribution in [-0.4, -0.2) is 38.0 Å². The summed E-state index contributed by atoms with van der Waals surface area (Å²) in [6.45, 7) is 7.13. The molecule has 0 spiro atoms. The molecule has 2 heterocycles. The fourth-order valence-electron chi connectivity index (χ4n) is 3.45. The van der Waals surface area contributed by atoms with Crippen molar-refractivity contribution in [3.63, 3.8) is 0 Å². The average molecular weight is 425 g/mol. The van der Waals surface area contributed by atoms with Gasteiger partial charge in [0.1, 0.15) is 0 Å². The summed E-state index contributed by atoms with van der Waals surface area (Å²) < 4.78 is 1.83. The number of nitrogens with one attached hydrogen (secondary N) is 1. The lowest BCUT2D eigenvalue weighted by Gasteiger charge is -2.15. The standard InChI is InChI=1S/C26H28N6/c1-3-31(4-2)19-25-20-32(30-29-25)26-10-6-9-24(18-26)28-23-8-5-7-22(17-23)12-11-21-13-15-27-16-14-21/h5-18,20,28H,3-4,19H2,1-2H3. The van der Waals surface area contributed by atoms with Crippen molar-refractivity contribution in [3.8, 4) is 5.69 Å². The molecule has 0 amide bonds. The van der Waals surface area contributed by atoms with Crippen molar-refractivity contribution in [2.75, 3.05) is 18.4 Å². The van der Waals surface area contributed by atoms with Crippen molar-refractivity contribution < 1.29 is 0 Å². The van der Waals surface area contributed by atoms with E-state index in [1.165, 1.54) is 0 Å². The minimum atomic E-state index is 0.810. The molecule has 6 heteroatoms. The van der Waals surface area contributed by atoms with Gasteiger partial charge in [0.2, 0.25) is 0 Å². The van der Waals surface area contributed by atoms with Crippen LogP contribution in [0.5, 0.6) is 0 Å². The van der Waals surface area contributed by atoms with Gasteiger partial charge in [-0.05, 0) is 66.7 Å². The number of pyridine rings is 1. The summed E-state index contributed by atoms with van der Waals surface area (Å²) in [4.78, 5) is 6.38. The molecule has 4 aromatic rings. The zero-order valence-corrected chi connectivity index (χ0v) is 18.5. The number of rotatable bonds is 9. The molecule has 0 saturated heterocycles. The Balaban J connectivity index is 1.47. The van der Waals surface area contributed by atoms with Crippen molar-refractivity contribution in [1.82, 2.24) is 24.9 Å². The molecule has 32 heavy (non-hydrogen) atoms. The van der Waals surface area contributed by atoms with E-state index in [1.807, 2.05) is 35.1 Å². The molecule has 1 N–H and O–H groups in total. The van der Waals surface area contributed by atoms with E-state index in [4.69, 9.17) is 0 Å². The van der Waals surface area contributed by atoms with Crippen LogP contribution in [0.25, 0.3) is 17.8 Å². The van der Waals surface area contributed by atoms with Gasteiger partial charge in [0.05, 0.1) is 17.6 Å². The lowest BCUT2D eigenvalue weighted by atomic mass is 10.1. The van der Waals surface area contributed by atoms with E-state index in [1.54, 1.807) is 12.4 Å². The molecule has 4 rings (SSSR count). The van der Waals surface area contributed by atoms with Gasteiger partial charge in [-0.1, -0.05) is 49.4 Å². The molecule has 6 nitrogen and oxygen atoms in total. The third-order valence-electron chi connectivity index (χ3n) is 5.28. The zero-order chi connectivity index (χ0) is 22.2. The van der Waals surface area contributed by atoms with Gasteiger partial charge in [-0.15, -0.1) is 5.10 Å². The highest BCUT2D eigenvalue weighted by molar-refractivity contribution is 5.72. The van der Waals surface area contributed by atoms with Crippen molar-refractivity contribution >= 4 is 23.5 Å². The largest absolute Gasteiger partial charge is 0.355 e. The van der Waals surface area contributed by atoms with Gasteiger partial charge >= 0.3 is 0 Å². The predicted molar refractivity (Wildman–Crippen MR) is 131 cm³/mol. The maximum Gasteiger partial charge on any atom is 0.0971 e. The Morgan fingerprint density at radius 2 is 1.59 bits per heavy atom. The van der Waals surface area contributed by atoms with Gasteiger partial charge in [0.15, 0.2) is 0 Å². The summed E-state index contributed by atoms with van der Waals surface area (Å²) in [7, 11) is 0. The maximum absolute atomic E-state index is 4.34. The number of anilines is 2. The van der Waals surface area contributed by atoms with Crippen LogP contribution in [0.2, 0.25) is 0 Å². The molecule has 0 saturated carbocycles. The fourth-order valence-corrected chi connectivity index (χ4v) is 3.45. The van der Waals surface area contributed by atoms with E-state index in [0.717, 1.165) is 53.5 Å². The Labute approximate surface area is 189 Å². The molecule has 0 unspecified atom stereocenters. The topological polar surface area (TPSA) is 58.9 Å². The van der Waals surface area contributed by atoms with E-state index in [-0.39, 0.29) is 0 Å². The van der Waals surface area contributed by atoms with Gasteiger partial charge in [0.25, 0.3) is 0 Å². The number of aromatic nitrogens is 4. The number of hydrogen-bond acceptors (Lipinski definition) is 5. The van der Waals surface area contributed by atoms with Gasteiger partial charge < -0.3 is 5.32 Å². The van der Waals surface area contributed by atoms with Crippen LogP contribution in [0.15, 0.2) is 79.3 Å². The molecule has 0 radical (unpaired) electrons. The van der Waals surface area contributed by atoms with E-state index in [0.29, 0.717) is 0 Å². The molecule has 2 aromatic heterocycles. The van der Waals surface area contributed by atoms with Crippen LogP contribution < -0.4 is 5.32 Å². The molecule has 0 bridgehead atoms. The van der Waals surface area contributed by atoms with Gasteiger partial charge in [-0.25, -0.2) is 4.68 Å². The third-order valence-corrected chi connectivity index (χ3v) is 5.28. The Morgan fingerprint density at radius 3 is 2.38 bits per heavy atom. The van der Waals surface area contributed by atoms with Gasteiger partial charge in [-0.3, -0.25) is 9.88 Å². The lowest BCUT2D eigenvalue weighted by molar-refractivity contribution is 0.292. The number of benzene rings is 2. The Bertz CT molecular complexity index is 1160. The second-order valence-electron chi connectivity index (χ2n) is 7.53. The Morgan fingerprint density at radius 1 is 0.875 bits per heavy atom. The summed E-state index contributed by atoms with van der Waals surface area (Å²) in [6.07, 6.45) is 9.78. The summed E-state index contributed by atoms with van der Waals surface area (Å²) in [5.74, 6) is 0. The lowest BCUT2D eigenvalue weighted by Crippen LogP contribution is -2.22. The zero-order valence-electron chi connectivity index (χ0n) is 18.5. The number of nitrogens with zero attached hydrogens (tertiary/aromatic N) is 5. The van der Waals surface area contributed by atoms with Crippen molar-refractivity contribution in [2.24, 2.45) is 0 Å². The first-order chi connectivity index (χ1) is 15.7. The first kappa shape index (κ1) is 21.5. The Hall–Kier alpha value is -3.77. The first-order valence-electron chi connectivity index (χ1n) is 10.9. The van der Waals surface area contributed by atoms with Crippen LogP contribution in [0.1, 0.15) is 30.7 Å². The van der Waals surface area contributed by atoms with E-state index in [2.05, 4.69) is 87.9 Å². The van der Waals surface area contributed by atoms with E-state index >= 15 is 0 Å². The molecule has 0 aliphatic carbocycles. The highest BCUT2D eigenvalue weighted by Crippen LogP contribution is 2.21. The smallest absolute Gasteiger partial charge is 0.0971 e. The van der Waals surface area contributed by atoms with Crippen LogP contribution in [0, 0.1) is 0 Å². The molecule has 0 fully saturated rings. The molecule has 0 aliphatic rings. The monoisotopic (exact) mass is 424 g/mol. The first-order valence-corrected chi connectivity index (χ1v) is 10.9. The highest BCUT2D eigenvalue weighted by atomic mass is 15.4. The van der Waals surface area contributed by atoms with E-state index < -0.39 is 0 Å². The maximum atomic E-state index is 4.34. The summed E-state index contributed by atoms with van der Waals surface area (Å²) in [6, 6.07) is 20.5. The van der Waals surface area contributed by atoms with Crippen LogP contribution in [0.4, 0.5) is 11.4 Å². The highest BCUT2D eigenvalue weighted by Gasteiger charge is 2.07. The van der Waals surface area contributed by atoms with Crippen molar-refractivity contribution in [1.29, 1.82) is 0 Å². The molecule has 2 aromatic carbocycles. The summed E-state index contributed by atoms with van der Waals surface area (Å²) in [5, 5.41) is 12.2. The fraction of sp³-hybridized carbons (Fsp3) is 0.192. The van der Waals surface area contributed by atoms with Crippen LogP contribution in [0.3, 0.4) is 0 Å². The minimum absolute atomic E-state index is 0.810.